The largest absolute Gasteiger partial charge is 0.451 e. The highest BCUT2D eigenvalue weighted by molar-refractivity contribution is 6.52. The maximum absolute atomic E-state index is 11.8. The number of esters is 1. The molecule has 1 aromatic heterocycles. The van der Waals surface area contributed by atoms with Gasteiger partial charge in [-0.1, -0.05) is 53.3 Å². The molecule has 0 radical (unpaired) electrons. The molecule has 1 rings (SSSR count). The van der Waals surface area contributed by atoms with Gasteiger partial charge in [0.2, 0.25) is 0 Å². The summed E-state index contributed by atoms with van der Waals surface area (Å²) >= 11 is 23.1. The van der Waals surface area contributed by atoms with Gasteiger partial charge in [0.1, 0.15) is 5.15 Å². The van der Waals surface area contributed by atoms with Crippen molar-refractivity contribution in [3.63, 3.8) is 0 Å². The van der Waals surface area contributed by atoms with Gasteiger partial charge in [0.25, 0.3) is 5.91 Å². The Hall–Kier alpha value is -0.750. The van der Waals surface area contributed by atoms with Gasteiger partial charge in [0.15, 0.2) is 12.3 Å². The van der Waals surface area contributed by atoms with Gasteiger partial charge < -0.3 is 10.1 Å². The molecule has 1 unspecified atom stereocenters. The summed E-state index contributed by atoms with van der Waals surface area (Å²) in [7, 11) is 0. The van der Waals surface area contributed by atoms with Gasteiger partial charge in [-0.3, -0.25) is 4.79 Å². The quantitative estimate of drug-likeness (QED) is 0.630. The number of hydrogen-bond acceptors (Lipinski definition) is 4. The first-order chi connectivity index (χ1) is 9.77. The lowest BCUT2D eigenvalue weighted by atomic mass is 10.2. The Bertz CT molecular complexity index is 566. The van der Waals surface area contributed by atoms with E-state index in [0.29, 0.717) is 0 Å². The first-order valence-electron chi connectivity index (χ1n) is 5.94. The van der Waals surface area contributed by atoms with Crippen LogP contribution in [0, 0.1) is 0 Å². The van der Waals surface area contributed by atoms with Crippen molar-refractivity contribution in [1.29, 1.82) is 0 Å². The first kappa shape index (κ1) is 18.3. The minimum atomic E-state index is -0.917. The number of pyridine rings is 1. The Labute approximate surface area is 141 Å². The van der Waals surface area contributed by atoms with Gasteiger partial charge in [-0.05, 0) is 13.3 Å². The zero-order valence-electron chi connectivity index (χ0n) is 11.2. The molecule has 21 heavy (non-hydrogen) atoms. The highest BCUT2D eigenvalue weighted by Crippen LogP contribution is 2.36. The Kier molecular flexibility index (Phi) is 7.00. The molecule has 1 amide bonds. The standard InChI is InChI=1S/C12H12Cl4N2O3/c1-3-5(2)17-6(19)4-21-12(20)10-8(14)7(13)9(15)11(16)18-10/h5H,3-4H2,1-2H3,(H,17,19). The summed E-state index contributed by atoms with van der Waals surface area (Å²) in [6.07, 6.45) is 0.759. The maximum atomic E-state index is 11.8. The van der Waals surface area contributed by atoms with Crippen LogP contribution in [0.3, 0.4) is 0 Å². The molecule has 1 aromatic rings. The van der Waals surface area contributed by atoms with E-state index in [9.17, 15) is 9.59 Å². The van der Waals surface area contributed by atoms with Gasteiger partial charge in [-0.2, -0.15) is 0 Å². The molecular formula is C12H12Cl4N2O3. The number of carbonyl (C=O) groups is 2. The van der Waals surface area contributed by atoms with Crippen LogP contribution in [-0.4, -0.2) is 29.5 Å². The Morgan fingerprint density at radius 2 is 1.81 bits per heavy atom. The molecule has 9 heteroatoms. The second kappa shape index (κ2) is 8.03. The number of rotatable bonds is 5. The highest BCUT2D eigenvalue weighted by Gasteiger charge is 2.22. The number of amides is 1. The summed E-state index contributed by atoms with van der Waals surface area (Å²) in [4.78, 5) is 27.0. The third-order valence-electron chi connectivity index (χ3n) is 2.53. The zero-order valence-corrected chi connectivity index (χ0v) is 14.2. The van der Waals surface area contributed by atoms with Crippen LogP contribution in [0.2, 0.25) is 20.2 Å². The van der Waals surface area contributed by atoms with Crippen LogP contribution in [0.5, 0.6) is 0 Å². The first-order valence-corrected chi connectivity index (χ1v) is 7.45. The molecule has 0 saturated heterocycles. The van der Waals surface area contributed by atoms with Crippen molar-refractivity contribution in [3.05, 3.63) is 25.9 Å². The van der Waals surface area contributed by atoms with Crippen molar-refractivity contribution in [2.75, 3.05) is 6.61 Å². The number of nitrogens with one attached hydrogen (secondary N) is 1. The van der Waals surface area contributed by atoms with E-state index in [2.05, 4.69) is 10.3 Å². The average molecular weight is 374 g/mol. The molecule has 0 spiro atoms. The molecule has 0 aliphatic heterocycles. The predicted molar refractivity (Wildman–Crippen MR) is 82.5 cm³/mol. The number of hydrogen-bond donors (Lipinski definition) is 1. The fourth-order valence-electron chi connectivity index (χ4n) is 1.24. The number of aromatic nitrogens is 1. The molecule has 1 N–H and O–H groups in total. The van der Waals surface area contributed by atoms with Crippen molar-refractivity contribution < 1.29 is 14.3 Å². The van der Waals surface area contributed by atoms with Crippen LogP contribution in [0.15, 0.2) is 0 Å². The smallest absolute Gasteiger partial charge is 0.359 e. The number of ether oxygens (including phenoxy) is 1. The van der Waals surface area contributed by atoms with E-state index in [1.807, 2.05) is 13.8 Å². The zero-order chi connectivity index (χ0) is 16.2. The Balaban J connectivity index is 2.75. The van der Waals surface area contributed by atoms with E-state index in [-0.39, 0.29) is 32.0 Å². The molecule has 0 aromatic carbocycles. The Morgan fingerprint density at radius 1 is 1.19 bits per heavy atom. The van der Waals surface area contributed by atoms with Gasteiger partial charge >= 0.3 is 5.97 Å². The van der Waals surface area contributed by atoms with Crippen LogP contribution in [0.1, 0.15) is 30.8 Å². The molecule has 1 heterocycles. The maximum Gasteiger partial charge on any atom is 0.359 e. The summed E-state index contributed by atoms with van der Waals surface area (Å²) in [6, 6.07) is -0.0164. The van der Waals surface area contributed by atoms with Crippen molar-refractivity contribution in [2.45, 2.75) is 26.3 Å². The molecule has 0 fully saturated rings. The average Bonchev–Trinajstić information content (AvgIpc) is 2.46. The molecule has 0 bridgehead atoms. The third-order valence-corrected chi connectivity index (χ3v) is 4.21. The number of halogens is 4. The van der Waals surface area contributed by atoms with Crippen LogP contribution in [-0.2, 0) is 9.53 Å². The molecule has 116 valence electrons. The van der Waals surface area contributed by atoms with Crippen molar-refractivity contribution >= 4 is 58.3 Å². The summed E-state index contributed by atoms with van der Waals surface area (Å²) in [5, 5.41) is 2.12. The molecule has 1 atom stereocenters. The third kappa shape index (κ3) is 4.88. The second-order valence-electron chi connectivity index (χ2n) is 4.15. The SMILES string of the molecule is CCC(C)NC(=O)COC(=O)c1nc(Cl)c(Cl)c(Cl)c1Cl. The van der Waals surface area contributed by atoms with E-state index in [4.69, 9.17) is 51.1 Å². The monoisotopic (exact) mass is 372 g/mol. The van der Waals surface area contributed by atoms with E-state index in [0.717, 1.165) is 6.42 Å². The summed E-state index contributed by atoms with van der Waals surface area (Å²) in [5.74, 6) is -1.35. The van der Waals surface area contributed by atoms with Gasteiger partial charge in [-0.15, -0.1) is 0 Å². The highest BCUT2D eigenvalue weighted by atomic mass is 35.5. The van der Waals surface area contributed by atoms with Crippen molar-refractivity contribution in [1.82, 2.24) is 10.3 Å². The van der Waals surface area contributed by atoms with E-state index >= 15 is 0 Å². The molecule has 0 aliphatic rings. The van der Waals surface area contributed by atoms with Crippen LogP contribution < -0.4 is 5.32 Å². The van der Waals surface area contributed by atoms with E-state index < -0.39 is 18.5 Å². The van der Waals surface area contributed by atoms with Gasteiger partial charge in [-0.25, -0.2) is 9.78 Å². The number of carbonyl (C=O) groups excluding carboxylic acids is 2. The van der Waals surface area contributed by atoms with Crippen LogP contribution in [0.25, 0.3) is 0 Å². The lowest BCUT2D eigenvalue weighted by Gasteiger charge is -2.12. The van der Waals surface area contributed by atoms with Crippen LogP contribution >= 0.6 is 46.4 Å². The van der Waals surface area contributed by atoms with Crippen molar-refractivity contribution in [2.24, 2.45) is 0 Å². The van der Waals surface area contributed by atoms with Crippen LogP contribution in [0.4, 0.5) is 0 Å². The minimum Gasteiger partial charge on any atom is -0.451 e. The second-order valence-corrected chi connectivity index (χ2v) is 5.64. The summed E-state index contributed by atoms with van der Waals surface area (Å²) in [5.41, 5.74) is -0.299. The van der Waals surface area contributed by atoms with Gasteiger partial charge in [0, 0.05) is 6.04 Å². The fourth-order valence-corrected chi connectivity index (χ4v) is 2.05. The van der Waals surface area contributed by atoms with E-state index in [1.54, 1.807) is 0 Å². The normalized spacial score (nSPS) is 11.9. The lowest BCUT2D eigenvalue weighted by Crippen LogP contribution is -2.35. The van der Waals surface area contributed by atoms with E-state index in [1.165, 1.54) is 0 Å². The Morgan fingerprint density at radius 3 is 2.38 bits per heavy atom. The molecular weight excluding hydrogens is 362 g/mol. The lowest BCUT2D eigenvalue weighted by molar-refractivity contribution is -0.124. The number of nitrogens with zero attached hydrogens (tertiary/aromatic N) is 1. The molecule has 0 aliphatic carbocycles. The summed E-state index contributed by atoms with van der Waals surface area (Å²) in [6.45, 7) is 3.29. The predicted octanol–water partition coefficient (Wildman–Crippen LogP) is 3.77. The van der Waals surface area contributed by atoms with Gasteiger partial charge in [0.05, 0.1) is 15.1 Å². The molecule has 0 saturated carbocycles. The molecule has 5 nitrogen and oxygen atoms in total. The summed E-state index contributed by atoms with van der Waals surface area (Å²) < 4.78 is 4.81. The fraction of sp³-hybridized carbons (Fsp3) is 0.417. The minimum absolute atomic E-state index is 0.0164. The van der Waals surface area contributed by atoms with Crippen molar-refractivity contribution in [3.8, 4) is 0 Å². The topological polar surface area (TPSA) is 68.3 Å².